The minimum atomic E-state index is -2.09. The van der Waals surface area contributed by atoms with Gasteiger partial charge in [0.25, 0.3) is 0 Å². The molecular formula is C15H6Br4F4O. The van der Waals surface area contributed by atoms with E-state index in [2.05, 4.69) is 63.7 Å². The quantitative estimate of drug-likeness (QED) is 0.295. The normalized spacial score (nSPS) is 12.3. The molecule has 0 aliphatic heterocycles. The zero-order valence-corrected chi connectivity index (χ0v) is 17.7. The summed E-state index contributed by atoms with van der Waals surface area (Å²) in [5.74, 6) is -5.07. The van der Waals surface area contributed by atoms with Crippen LogP contribution in [0, 0.1) is 23.3 Å². The first kappa shape index (κ1) is 20.1. The van der Waals surface area contributed by atoms with Crippen LogP contribution in [0.15, 0.2) is 36.4 Å². The van der Waals surface area contributed by atoms with Crippen LogP contribution in [0.4, 0.5) is 17.6 Å². The summed E-state index contributed by atoms with van der Waals surface area (Å²) in [5, 5.41) is 0. The zero-order valence-electron chi connectivity index (χ0n) is 11.4. The van der Waals surface area contributed by atoms with Crippen molar-refractivity contribution in [3.63, 3.8) is 0 Å². The molecule has 2 aromatic carbocycles. The molecule has 0 unspecified atom stereocenters. The van der Waals surface area contributed by atoms with Gasteiger partial charge in [-0.25, -0.2) is 17.6 Å². The molecule has 0 saturated heterocycles. The van der Waals surface area contributed by atoms with E-state index in [0.29, 0.717) is 0 Å². The van der Waals surface area contributed by atoms with Crippen molar-refractivity contribution < 1.29 is 22.4 Å². The van der Waals surface area contributed by atoms with E-state index >= 15 is 0 Å². The molecule has 0 aliphatic carbocycles. The van der Waals surface area contributed by atoms with Crippen LogP contribution >= 0.6 is 63.7 Å². The number of ketones is 1. The summed E-state index contributed by atoms with van der Waals surface area (Å²) in [6, 6.07) is 6.07. The van der Waals surface area contributed by atoms with Crippen molar-refractivity contribution in [2.45, 2.75) is 6.47 Å². The second-order valence-electron chi connectivity index (χ2n) is 4.67. The van der Waals surface area contributed by atoms with Crippen LogP contribution in [0.1, 0.15) is 11.1 Å². The van der Waals surface area contributed by atoms with Crippen LogP contribution in [0.2, 0.25) is 0 Å². The summed E-state index contributed by atoms with van der Waals surface area (Å²) in [5.41, 5.74) is -1.29. The lowest BCUT2D eigenvalue weighted by atomic mass is 10.0. The lowest BCUT2D eigenvalue weighted by molar-refractivity contribution is -0.119. The Morgan fingerprint density at radius 2 is 0.917 bits per heavy atom. The Hall–Kier alpha value is -0.250. The van der Waals surface area contributed by atoms with Gasteiger partial charge in [-0.15, -0.1) is 0 Å². The Morgan fingerprint density at radius 1 is 0.667 bits per heavy atom. The molecule has 0 spiro atoms. The van der Waals surface area contributed by atoms with Crippen LogP contribution < -0.4 is 0 Å². The summed E-state index contributed by atoms with van der Waals surface area (Å²) in [4.78, 5) is 12.8. The van der Waals surface area contributed by atoms with E-state index in [0.717, 1.165) is 36.4 Å². The first-order chi connectivity index (χ1) is 11.0. The van der Waals surface area contributed by atoms with Gasteiger partial charge in [-0.1, -0.05) is 75.9 Å². The highest BCUT2D eigenvalue weighted by molar-refractivity contribution is 9.26. The first-order valence-corrected chi connectivity index (χ1v) is 9.38. The molecule has 0 fully saturated rings. The van der Waals surface area contributed by atoms with Gasteiger partial charge < -0.3 is 0 Å². The molecule has 1 nitrogen and oxygen atoms in total. The number of hydrogen-bond donors (Lipinski definition) is 0. The highest BCUT2D eigenvalue weighted by atomic mass is 79.9. The van der Waals surface area contributed by atoms with Crippen molar-refractivity contribution in [3.05, 3.63) is 70.8 Å². The number of rotatable bonds is 4. The molecule has 0 amide bonds. The number of hydrogen-bond acceptors (Lipinski definition) is 1. The molecule has 0 heterocycles. The maximum absolute atomic E-state index is 14.0. The molecule has 9 heteroatoms. The summed E-state index contributed by atoms with van der Waals surface area (Å²) >= 11 is 11.7. The Kier molecular flexibility index (Phi) is 5.99. The maximum atomic E-state index is 14.0. The summed E-state index contributed by atoms with van der Waals surface area (Å²) in [6.45, 7) is 0. The Bertz CT molecular complexity index is 702. The number of Topliss-reactive ketones (excluding diaryl/α,β-unsaturated/α-hetero) is 1. The SMILES string of the molecule is O=C(C(Br)(Br)c1c(F)cccc1F)C(Br)(Br)c1c(F)cccc1F. The monoisotopic (exact) mass is 594 g/mol. The number of benzene rings is 2. The number of halogens is 8. The summed E-state index contributed by atoms with van der Waals surface area (Å²) < 4.78 is 51.9. The number of alkyl halides is 4. The van der Waals surface area contributed by atoms with Gasteiger partial charge in [0, 0.05) is 0 Å². The van der Waals surface area contributed by atoms with Crippen molar-refractivity contribution in [2.75, 3.05) is 0 Å². The van der Waals surface area contributed by atoms with Crippen molar-refractivity contribution >= 4 is 69.5 Å². The molecule has 128 valence electrons. The van der Waals surface area contributed by atoms with Gasteiger partial charge >= 0.3 is 0 Å². The van der Waals surface area contributed by atoms with Crippen LogP contribution in [0.5, 0.6) is 0 Å². The van der Waals surface area contributed by atoms with Crippen LogP contribution in [-0.4, -0.2) is 5.78 Å². The van der Waals surface area contributed by atoms with E-state index in [1.807, 2.05) is 0 Å². The fourth-order valence-corrected chi connectivity index (χ4v) is 5.79. The van der Waals surface area contributed by atoms with E-state index in [9.17, 15) is 22.4 Å². The maximum Gasteiger partial charge on any atom is 0.196 e. The van der Waals surface area contributed by atoms with Crippen LogP contribution in [0.25, 0.3) is 0 Å². The topological polar surface area (TPSA) is 17.1 Å². The smallest absolute Gasteiger partial charge is 0.196 e. The number of carbonyl (C=O) groups is 1. The van der Waals surface area contributed by atoms with E-state index in [1.165, 1.54) is 0 Å². The van der Waals surface area contributed by atoms with Crippen molar-refractivity contribution in [3.8, 4) is 0 Å². The Balaban J connectivity index is 2.61. The minimum Gasteiger partial charge on any atom is -0.294 e. The third kappa shape index (κ3) is 3.50. The van der Waals surface area contributed by atoms with Gasteiger partial charge in [-0.2, -0.15) is 0 Å². The van der Waals surface area contributed by atoms with Gasteiger partial charge in [-0.3, -0.25) is 4.79 Å². The fourth-order valence-electron chi connectivity index (χ4n) is 2.02. The largest absolute Gasteiger partial charge is 0.294 e. The van der Waals surface area contributed by atoms with E-state index in [4.69, 9.17) is 0 Å². The van der Waals surface area contributed by atoms with Crippen molar-refractivity contribution in [1.29, 1.82) is 0 Å². The van der Waals surface area contributed by atoms with Gasteiger partial charge in [0.1, 0.15) is 23.3 Å². The third-order valence-electron chi connectivity index (χ3n) is 3.12. The molecule has 0 saturated carbocycles. The Morgan fingerprint density at radius 3 is 1.17 bits per heavy atom. The average Bonchev–Trinajstić information content (AvgIpc) is 2.45. The average molecular weight is 598 g/mol. The molecule has 0 atom stereocenters. The summed E-state index contributed by atoms with van der Waals surface area (Å²) in [6.07, 6.45) is 0. The van der Waals surface area contributed by atoms with Crippen LogP contribution in [0.3, 0.4) is 0 Å². The highest BCUT2D eigenvalue weighted by Gasteiger charge is 2.51. The van der Waals surface area contributed by atoms with Crippen molar-refractivity contribution in [2.24, 2.45) is 0 Å². The standard InChI is InChI=1S/C15H6Br4F4O/c16-14(17,11-7(20)3-1-4-8(11)21)13(24)15(18,19)12-9(22)5-2-6-10(12)23/h1-6H. The van der Waals surface area contributed by atoms with Gasteiger partial charge in [0.05, 0.1) is 11.1 Å². The summed E-state index contributed by atoms with van der Waals surface area (Å²) in [7, 11) is 0. The minimum absolute atomic E-state index is 0.643. The van der Waals surface area contributed by atoms with E-state index < -0.39 is 46.6 Å². The van der Waals surface area contributed by atoms with Crippen LogP contribution in [-0.2, 0) is 11.3 Å². The predicted octanol–water partition coefficient (Wildman–Crippen LogP) is 6.40. The van der Waals surface area contributed by atoms with Gasteiger partial charge in [-0.05, 0) is 24.3 Å². The molecule has 0 aromatic heterocycles. The van der Waals surface area contributed by atoms with Crippen molar-refractivity contribution in [1.82, 2.24) is 0 Å². The molecule has 24 heavy (non-hydrogen) atoms. The highest BCUT2D eigenvalue weighted by Crippen LogP contribution is 2.52. The molecule has 0 N–H and O–H groups in total. The molecular weight excluding hydrogens is 592 g/mol. The molecule has 0 radical (unpaired) electrons. The molecule has 2 rings (SSSR count). The second kappa shape index (κ2) is 7.17. The van der Waals surface area contributed by atoms with Gasteiger partial charge in [0.2, 0.25) is 0 Å². The first-order valence-electron chi connectivity index (χ1n) is 6.20. The predicted molar refractivity (Wildman–Crippen MR) is 96.8 cm³/mol. The zero-order chi connectivity index (χ0) is 18.3. The Labute approximate surface area is 168 Å². The molecule has 0 aliphatic rings. The third-order valence-corrected chi connectivity index (χ3v) is 6.15. The fraction of sp³-hybridized carbons (Fsp3) is 0.133. The second-order valence-corrected chi connectivity index (χ2v) is 11.6. The van der Waals surface area contributed by atoms with E-state index in [1.54, 1.807) is 0 Å². The molecule has 2 aromatic rings. The van der Waals surface area contributed by atoms with E-state index in [-0.39, 0.29) is 0 Å². The number of carbonyl (C=O) groups excluding carboxylic acids is 1. The lowest BCUT2D eigenvalue weighted by Crippen LogP contribution is -2.37. The van der Waals surface area contributed by atoms with Gasteiger partial charge in [0.15, 0.2) is 12.3 Å². The molecule has 0 bridgehead atoms. The lowest BCUT2D eigenvalue weighted by Gasteiger charge is -2.29.